The number of rotatable bonds is 5. The molecule has 5 heteroatoms. The average Bonchev–Trinajstić information content (AvgIpc) is 2.28. The highest BCUT2D eigenvalue weighted by atomic mass is 19.1. The van der Waals surface area contributed by atoms with Crippen molar-refractivity contribution in [2.75, 3.05) is 32.1 Å². The van der Waals surface area contributed by atoms with E-state index in [0.29, 0.717) is 6.54 Å². The molecule has 0 saturated carbocycles. The third-order valence-electron chi connectivity index (χ3n) is 2.45. The van der Waals surface area contributed by atoms with Gasteiger partial charge in [-0.25, -0.2) is 8.78 Å². The fraction of sp³-hybridized carbons (Fsp3) is 0.417. The minimum absolute atomic E-state index is 0.00706. The van der Waals surface area contributed by atoms with E-state index in [2.05, 4.69) is 5.32 Å². The van der Waals surface area contributed by atoms with Crippen molar-refractivity contribution in [3.63, 3.8) is 0 Å². The third kappa shape index (κ3) is 3.40. The molecule has 0 saturated heterocycles. The zero-order valence-corrected chi connectivity index (χ0v) is 9.93. The van der Waals surface area contributed by atoms with Gasteiger partial charge in [0.25, 0.3) is 0 Å². The van der Waals surface area contributed by atoms with Gasteiger partial charge in [0.05, 0.1) is 11.6 Å². The Morgan fingerprint density at radius 3 is 2.41 bits per heavy atom. The first-order chi connectivity index (χ1) is 8.10. The van der Waals surface area contributed by atoms with Gasteiger partial charge in [0.15, 0.2) is 11.6 Å². The van der Waals surface area contributed by atoms with Gasteiger partial charge in [0.1, 0.15) is 5.69 Å². The summed E-state index contributed by atoms with van der Waals surface area (Å²) in [6, 6.07) is 3.82. The quantitative estimate of drug-likeness (QED) is 0.797. The topological polar surface area (TPSA) is 39.1 Å². The average molecular weight is 239 g/mol. The minimum Gasteiger partial charge on any atom is -0.370 e. The highest BCUT2D eigenvalue weighted by molar-refractivity contribution is 5.52. The fourth-order valence-corrected chi connectivity index (χ4v) is 1.60. The molecule has 0 unspecified atom stereocenters. The third-order valence-corrected chi connectivity index (χ3v) is 2.45. The van der Waals surface area contributed by atoms with Crippen LogP contribution in [0.1, 0.15) is 12.0 Å². The molecule has 0 radical (unpaired) electrons. The van der Waals surface area contributed by atoms with E-state index in [0.717, 1.165) is 25.1 Å². The van der Waals surface area contributed by atoms with Crippen LogP contribution < -0.4 is 10.2 Å². The van der Waals surface area contributed by atoms with Crippen molar-refractivity contribution in [1.82, 2.24) is 5.32 Å². The molecule has 0 spiro atoms. The summed E-state index contributed by atoms with van der Waals surface area (Å²) in [5.41, 5.74) is -0.0903. The summed E-state index contributed by atoms with van der Waals surface area (Å²) in [6.45, 7) is 1.32. The zero-order valence-electron chi connectivity index (χ0n) is 9.93. The predicted molar refractivity (Wildman–Crippen MR) is 62.9 cm³/mol. The molecule has 0 amide bonds. The number of nitrogens with zero attached hydrogens (tertiary/aromatic N) is 2. The van der Waals surface area contributed by atoms with Gasteiger partial charge in [-0.05, 0) is 32.1 Å². The molecule has 1 N–H and O–H groups in total. The van der Waals surface area contributed by atoms with E-state index in [9.17, 15) is 8.78 Å². The van der Waals surface area contributed by atoms with Gasteiger partial charge in [0.2, 0.25) is 0 Å². The second-order valence-electron chi connectivity index (χ2n) is 3.78. The van der Waals surface area contributed by atoms with Crippen molar-refractivity contribution in [2.24, 2.45) is 0 Å². The zero-order chi connectivity index (χ0) is 12.8. The van der Waals surface area contributed by atoms with E-state index >= 15 is 0 Å². The molecule has 0 heterocycles. The molecule has 1 aromatic carbocycles. The molecule has 0 bridgehead atoms. The Balaban J connectivity index is 2.87. The van der Waals surface area contributed by atoms with Crippen LogP contribution in [0.4, 0.5) is 14.5 Å². The Morgan fingerprint density at radius 1 is 1.35 bits per heavy atom. The number of benzene rings is 1. The molecule has 0 aliphatic rings. The van der Waals surface area contributed by atoms with Gasteiger partial charge in [-0.1, -0.05) is 0 Å². The Bertz CT molecular complexity index is 403. The summed E-state index contributed by atoms with van der Waals surface area (Å²) < 4.78 is 27.2. The summed E-state index contributed by atoms with van der Waals surface area (Å²) >= 11 is 0. The Labute approximate surface area is 99.7 Å². The maximum Gasteiger partial charge on any atom is 0.150 e. The highest BCUT2D eigenvalue weighted by Gasteiger charge is 2.14. The summed E-state index contributed by atoms with van der Waals surface area (Å²) in [5.74, 6) is -1.40. The van der Waals surface area contributed by atoms with Gasteiger partial charge in [-0.2, -0.15) is 5.26 Å². The lowest BCUT2D eigenvalue weighted by Gasteiger charge is -2.20. The van der Waals surface area contributed by atoms with Gasteiger partial charge >= 0.3 is 0 Å². The van der Waals surface area contributed by atoms with Crippen LogP contribution in [0, 0.1) is 23.0 Å². The number of anilines is 1. The van der Waals surface area contributed by atoms with Gasteiger partial charge in [0, 0.05) is 13.6 Å². The molecular weight excluding hydrogens is 224 g/mol. The largest absolute Gasteiger partial charge is 0.370 e. The van der Waals surface area contributed by atoms with E-state index in [1.165, 1.54) is 4.90 Å². The molecule has 17 heavy (non-hydrogen) atoms. The first-order valence-electron chi connectivity index (χ1n) is 5.35. The summed E-state index contributed by atoms with van der Waals surface area (Å²) in [5, 5.41) is 11.5. The Morgan fingerprint density at radius 2 is 1.94 bits per heavy atom. The molecule has 0 fully saturated rings. The molecule has 0 aliphatic heterocycles. The molecule has 3 nitrogen and oxygen atoms in total. The van der Waals surface area contributed by atoms with Crippen molar-refractivity contribution in [3.8, 4) is 6.07 Å². The van der Waals surface area contributed by atoms with Gasteiger partial charge in [-0.3, -0.25) is 0 Å². The number of hydrogen-bond donors (Lipinski definition) is 1. The highest BCUT2D eigenvalue weighted by Crippen LogP contribution is 2.23. The predicted octanol–water partition coefficient (Wildman–Crippen LogP) is 1.88. The van der Waals surface area contributed by atoms with Gasteiger partial charge in [-0.15, -0.1) is 0 Å². The second kappa shape index (κ2) is 6.16. The molecule has 0 aliphatic carbocycles. The molecule has 0 atom stereocenters. The van der Waals surface area contributed by atoms with E-state index in [-0.39, 0.29) is 11.3 Å². The first kappa shape index (κ1) is 13.4. The Hall–Kier alpha value is -1.67. The van der Waals surface area contributed by atoms with E-state index in [4.69, 9.17) is 5.26 Å². The van der Waals surface area contributed by atoms with Crippen LogP contribution in [0.3, 0.4) is 0 Å². The van der Waals surface area contributed by atoms with Crippen molar-refractivity contribution in [3.05, 3.63) is 29.3 Å². The molecule has 0 aromatic heterocycles. The molecule has 1 rings (SSSR count). The SMILES string of the molecule is CNCCCN(C)c1c(F)cc(C#N)cc1F. The minimum atomic E-state index is -0.700. The van der Waals surface area contributed by atoms with E-state index in [1.54, 1.807) is 13.1 Å². The molecular formula is C12H15F2N3. The number of nitrogens with one attached hydrogen (secondary N) is 1. The van der Waals surface area contributed by atoms with Crippen molar-refractivity contribution in [2.45, 2.75) is 6.42 Å². The monoisotopic (exact) mass is 239 g/mol. The van der Waals surface area contributed by atoms with Crippen LogP contribution in [0.5, 0.6) is 0 Å². The van der Waals surface area contributed by atoms with Crippen LogP contribution in [-0.4, -0.2) is 27.2 Å². The van der Waals surface area contributed by atoms with Crippen molar-refractivity contribution >= 4 is 5.69 Å². The van der Waals surface area contributed by atoms with E-state index < -0.39 is 11.6 Å². The number of hydrogen-bond acceptors (Lipinski definition) is 3. The van der Waals surface area contributed by atoms with Crippen LogP contribution in [0.25, 0.3) is 0 Å². The maximum absolute atomic E-state index is 13.6. The maximum atomic E-state index is 13.6. The number of halogens is 2. The lowest BCUT2D eigenvalue weighted by Crippen LogP contribution is -2.24. The summed E-state index contributed by atoms with van der Waals surface area (Å²) in [6.07, 6.45) is 0.784. The van der Waals surface area contributed by atoms with Crippen LogP contribution in [-0.2, 0) is 0 Å². The smallest absolute Gasteiger partial charge is 0.150 e. The molecule has 1 aromatic rings. The van der Waals surface area contributed by atoms with Crippen molar-refractivity contribution < 1.29 is 8.78 Å². The lowest BCUT2D eigenvalue weighted by molar-refractivity contribution is 0.573. The summed E-state index contributed by atoms with van der Waals surface area (Å²) in [7, 11) is 3.45. The van der Waals surface area contributed by atoms with Gasteiger partial charge < -0.3 is 10.2 Å². The number of nitriles is 1. The van der Waals surface area contributed by atoms with Crippen molar-refractivity contribution in [1.29, 1.82) is 5.26 Å². The first-order valence-corrected chi connectivity index (χ1v) is 5.35. The summed E-state index contributed by atoms with van der Waals surface area (Å²) in [4.78, 5) is 1.52. The van der Waals surface area contributed by atoms with Crippen LogP contribution >= 0.6 is 0 Å². The van der Waals surface area contributed by atoms with Crippen LogP contribution in [0.15, 0.2) is 12.1 Å². The standard InChI is InChI=1S/C12H15F2N3/c1-16-4-3-5-17(2)12-10(13)6-9(8-15)7-11(12)14/h6-7,16H,3-5H2,1-2H3. The van der Waals surface area contributed by atoms with E-state index in [1.807, 2.05) is 7.05 Å². The lowest BCUT2D eigenvalue weighted by atomic mass is 10.2. The fourth-order valence-electron chi connectivity index (χ4n) is 1.60. The van der Waals surface area contributed by atoms with Crippen LogP contribution in [0.2, 0.25) is 0 Å². The Kier molecular flexibility index (Phi) is 4.85. The molecule has 92 valence electrons. The second-order valence-corrected chi connectivity index (χ2v) is 3.78. The normalized spacial score (nSPS) is 10.1.